The second-order valence-corrected chi connectivity index (χ2v) is 6.03. The fraction of sp³-hybridized carbons (Fsp3) is 0.600. The maximum atomic E-state index is 12.3. The van der Waals surface area contributed by atoms with Crippen LogP contribution in [-0.2, 0) is 9.53 Å². The van der Waals surface area contributed by atoms with Crippen LogP contribution in [0.3, 0.4) is 0 Å². The molecule has 1 saturated heterocycles. The van der Waals surface area contributed by atoms with E-state index < -0.39 is 0 Å². The summed E-state index contributed by atoms with van der Waals surface area (Å²) >= 11 is 1.49. The van der Waals surface area contributed by atoms with Crippen LogP contribution in [0.2, 0.25) is 0 Å². The largest absolute Gasteiger partial charge is 0.466 e. The molecule has 1 aromatic rings. The third kappa shape index (κ3) is 3.46. The van der Waals surface area contributed by atoms with Gasteiger partial charge in [-0.25, -0.2) is 0 Å². The van der Waals surface area contributed by atoms with Crippen LogP contribution < -0.4 is 0 Å². The number of carbonyl (C=O) groups is 2. The van der Waals surface area contributed by atoms with Gasteiger partial charge in [-0.2, -0.15) is 0 Å². The van der Waals surface area contributed by atoms with Crippen molar-refractivity contribution in [3.05, 3.63) is 22.4 Å². The van der Waals surface area contributed by atoms with Crippen LogP contribution in [0.4, 0.5) is 0 Å². The third-order valence-electron chi connectivity index (χ3n) is 3.84. The van der Waals surface area contributed by atoms with E-state index in [1.54, 1.807) is 0 Å². The molecule has 1 fully saturated rings. The summed E-state index contributed by atoms with van der Waals surface area (Å²) in [5, 5.41) is 1.92. The molecular weight excluding hydrogens is 274 g/mol. The first-order valence-corrected chi connectivity index (χ1v) is 7.99. The fourth-order valence-electron chi connectivity index (χ4n) is 2.57. The zero-order valence-corrected chi connectivity index (χ0v) is 12.8. The summed E-state index contributed by atoms with van der Waals surface area (Å²) in [6.45, 7) is 5.78. The summed E-state index contributed by atoms with van der Waals surface area (Å²) in [6, 6.07) is 3.66. The number of esters is 1. The molecule has 20 heavy (non-hydrogen) atoms. The van der Waals surface area contributed by atoms with Gasteiger partial charge in [0.15, 0.2) is 5.78 Å². The second-order valence-electron chi connectivity index (χ2n) is 5.08. The van der Waals surface area contributed by atoms with Crippen molar-refractivity contribution in [2.24, 2.45) is 5.92 Å². The predicted molar refractivity (Wildman–Crippen MR) is 79.0 cm³/mol. The highest BCUT2D eigenvalue weighted by molar-refractivity contribution is 7.12. The summed E-state index contributed by atoms with van der Waals surface area (Å²) in [5.74, 6) is 0.0780. The Morgan fingerprint density at radius 1 is 1.45 bits per heavy atom. The van der Waals surface area contributed by atoms with E-state index in [-0.39, 0.29) is 23.7 Å². The van der Waals surface area contributed by atoms with Crippen molar-refractivity contribution in [3.63, 3.8) is 0 Å². The topological polar surface area (TPSA) is 46.6 Å². The number of hydrogen-bond acceptors (Lipinski definition) is 5. The van der Waals surface area contributed by atoms with Crippen molar-refractivity contribution >= 4 is 23.1 Å². The van der Waals surface area contributed by atoms with Crippen molar-refractivity contribution in [1.82, 2.24) is 4.90 Å². The Morgan fingerprint density at radius 2 is 2.15 bits per heavy atom. The van der Waals surface area contributed by atoms with Gasteiger partial charge in [-0.1, -0.05) is 6.07 Å². The lowest BCUT2D eigenvalue weighted by Crippen LogP contribution is -2.45. The third-order valence-corrected chi connectivity index (χ3v) is 4.73. The van der Waals surface area contributed by atoms with Crippen LogP contribution in [0.1, 0.15) is 36.4 Å². The average molecular weight is 295 g/mol. The van der Waals surface area contributed by atoms with Gasteiger partial charge in [-0.3, -0.25) is 14.5 Å². The quantitative estimate of drug-likeness (QED) is 0.619. The zero-order valence-electron chi connectivity index (χ0n) is 12.0. The molecule has 5 heteroatoms. The Morgan fingerprint density at radius 3 is 2.70 bits per heavy atom. The van der Waals surface area contributed by atoms with Crippen molar-refractivity contribution in [1.29, 1.82) is 0 Å². The number of piperidine rings is 1. The monoisotopic (exact) mass is 295 g/mol. The van der Waals surface area contributed by atoms with Crippen molar-refractivity contribution < 1.29 is 14.3 Å². The summed E-state index contributed by atoms with van der Waals surface area (Å²) in [6.07, 6.45) is 1.56. The first-order chi connectivity index (χ1) is 9.63. The van der Waals surface area contributed by atoms with Crippen LogP contribution in [-0.4, -0.2) is 42.4 Å². The fourth-order valence-corrected chi connectivity index (χ4v) is 3.32. The molecule has 1 unspecified atom stereocenters. The van der Waals surface area contributed by atoms with Crippen molar-refractivity contribution in [3.8, 4) is 0 Å². The van der Waals surface area contributed by atoms with E-state index in [4.69, 9.17) is 4.74 Å². The molecule has 2 heterocycles. The van der Waals surface area contributed by atoms with Gasteiger partial charge in [-0.05, 0) is 51.2 Å². The minimum absolute atomic E-state index is 0.00441. The molecule has 4 nitrogen and oxygen atoms in total. The normalized spacial score (nSPS) is 18.7. The van der Waals surface area contributed by atoms with Gasteiger partial charge >= 0.3 is 5.97 Å². The molecule has 0 N–H and O–H groups in total. The Kier molecular flexibility index (Phi) is 5.31. The van der Waals surface area contributed by atoms with E-state index in [1.165, 1.54) is 11.3 Å². The van der Waals surface area contributed by atoms with Gasteiger partial charge in [0.2, 0.25) is 0 Å². The molecule has 0 aromatic carbocycles. The maximum Gasteiger partial charge on any atom is 0.309 e. The highest BCUT2D eigenvalue weighted by Gasteiger charge is 2.30. The van der Waals surface area contributed by atoms with Crippen molar-refractivity contribution in [2.45, 2.75) is 32.7 Å². The number of ether oxygens (including phenoxy) is 1. The number of rotatable bonds is 5. The van der Waals surface area contributed by atoms with Gasteiger partial charge in [0, 0.05) is 0 Å². The number of ketones is 1. The van der Waals surface area contributed by atoms with Gasteiger partial charge < -0.3 is 4.74 Å². The summed E-state index contributed by atoms with van der Waals surface area (Å²) in [4.78, 5) is 27.0. The second kappa shape index (κ2) is 6.99. The number of Topliss-reactive ketones (excluding diaryl/α,β-unsaturated/α-hetero) is 1. The molecule has 0 aliphatic carbocycles. The lowest BCUT2D eigenvalue weighted by Gasteiger charge is -2.34. The minimum atomic E-state index is -0.114. The SMILES string of the molecule is CCOC(=O)C1CCN(C(C)C(=O)c2cccs2)CC1. The lowest BCUT2D eigenvalue weighted by molar-refractivity contribution is -0.149. The average Bonchev–Trinajstić information content (AvgIpc) is 3.00. The molecule has 0 spiro atoms. The first-order valence-electron chi connectivity index (χ1n) is 7.12. The molecule has 1 aliphatic rings. The number of thiophene rings is 1. The summed E-state index contributed by atoms with van der Waals surface area (Å²) < 4.78 is 5.06. The zero-order chi connectivity index (χ0) is 14.5. The Labute approximate surface area is 123 Å². The number of likely N-dealkylation sites (tertiary alicyclic amines) is 1. The molecule has 0 saturated carbocycles. The van der Waals surface area contributed by atoms with Crippen LogP contribution >= 0.6 is 11.3 Å². The smallest absolute Gasteiger partial charge is 0.309 e. The van der Waals surface area contributed by atoms with Crippen LogP contribution in [0.5, 0.6) is 0 Å². The summed E-state index contributed by atoms with van der Waals surface area (Å²) in [7, 11) is 0. The van der Waals surface area contributed by atoms with E-state index in [0.717, 1.165) is 30.8 Å². The Balaban J connectivity index is 1.87. The number of nitrogens with zero attached hydrogens (tertiary/aromatic N) is 1. The van der Waals surface area contributed by atoms with E-state index in [2.05, 4.69) is 4.90 Å². The first kappa shape index (κ1) is 15.2. The molecule has 1 aliphatic heterocycles. The maximum absolute atomic E-state index is 12.3. The Hall–Kier alpha value is -1.20. The van der Waals surface area contributed by atoms with Crippen LogP contribution in [0, 0.1) is 5.92 Å². The van der Waals surface area contributed by atoms with Crippen molar-refractivity contribution in [2.75, 3.05) is 19.7 Å². The Bertz CT molecular complexity index is 450. The van der Waals surface area contributed by atoms with Gasteiger partial charge in [-0.15, -0.1) is 11.3 Å². The number of hydrogen-bond donors (Lipinski definition) is 0. The molecule has 0 bridgehead atoms. The standard InChI is InChI=1S/C15H21NO3S/c1-3-19-15(18)12-6-8-16(9-7-12)11(2)14(17)13-5-4-10-20-13/h4-5,10-12H,3,6-9H2,1-2H3. The molecule has 0 amide bonds. The van der Waals surface area contributed by atoms with E-state index in [0.29, 0.717) is 6.61 Å². The van der Waals surface area contributed by atoms with Crippen LogP contribution in [0.25, 0.3) is 0 Å². The molecule has 0 radical (unpaired) electrons. The lowest BCUT2D eigenvalue weighted by atomic mass is 9.95. The van der Waals surface area contributed by atoms with E-state index in [9.17, 15) is 9.59 Å². The minimum Gasteiger partial charge on any atom is -0.466 e. The predicted octanol–water partition coefficient (Wildman–Crippen LogP) is 2.59. The van der Waals surface area contributed by atoms with Gasteiger partial charge in [0.25, 0.3) is 0 Å². The highest BCUT2D eigenvalue weighted by Crippen LogP contribution is 2.22. The summed E-state index contributed by atoms with van der Waals surface area (Å²) in [5.41, 5.74) is 0. The molecule has 2 rings (SSSR count). The van der Waals surface area contributed by atoms with Gasteiger partial charge in [0.05, 0.1) is 23.4 Å². The van der Waals surface area contributed by atoms with E-state index in [1.807, 2.05) is 31.4 Å². The highest BCUT2D eigenvalue weighted by atomic mass is 32.1. The molecule has 1 aromatic heterocycles. The van der Waals surface area contributed by atoms with Crippen LogP contribution in [0.15, 0.2) is 17.5 Å². The van der Waals surface area contributed by atoms with Gasteiger partial charge in [0.1, 0.15) is 0 Å². The van der Waals surface area contributed by atoms with E-state index >= 15 is 0 Å². The molecule has 1 atom stereocenters. The number of carbonyl (C=O) groups excluding carboxylic acids is 2. The molecule has 110 valence electrons. The molecular formula is C15H21NO3S.